The number of esters is 2. The van der Waals surface area contributed by atoms with E-state index in [9.17, 15) is 9.59 Å². The van der Waals surface area contributed by atoms with Gasteiger partial charge in [-0.1, -0.05) is 30.3 Å². The monoisotopic (exact) mass is 318 g/mol. The SMILES string of the molecule is CCOC(=O)C(C(=O)OCC)(c1ccccc1)C(Cl)Cl. The Balaban J connectivity index is 3.42. The Morgan fingerprint density at radius 3 is 1.85 bits per heavy atom. The molecule has 0 saturated carbocycles. The molecule has 0 spiro atoms. The van der Waals surface area contributed by atoms with Crippen LogP contribution in [-0.2, 0) is 24.5 Å². The van der Waals surface area contributed by atoms with Crippen molar-refractivity contribution < 1.29 is 19.1 Å². The predicted molar refractivity (Wildman–Crippen MR) is 76.9 cm³/mol. The van der Waals surface area contributed by atoms with Crippen molar-refractivity contribution in [3.63, 3.8) is 0 Å². The van der Waals surface area contributed by atoms with Gasteiger partial charge in [0.15, 0.2) is 0 Å². The van der Waals surface area contributed by atoms with Gasteiger partial charge in [-0.2, -0.15) is 0 Å². The summed E-state index contributed by atoms with van der Waals surface area (Å²) in [6, 6.07) is 8.29. The van der Waals surface area contributed by atoms with E-state index in [2.05, 4.69) is 0 Å². The second-order valence-electron chi connectivity index (χ2n) is 3.92. The predicted octanol–water partition coefficient (Wildman–Crippen LogP) is 2.85. The average Bonchev–Trinajstić information content (AvgIpc) is 2.41. The largest absolute Gasteiger partial charge is 0.465 e. The van der Waals surface area contributed by atoms with Crippen molar-refractivity contribution in [2.75, 3.05) is 13.2 Å². The quantitative estimate of drug-likeness (QED) is 0.460. The molecule has 0 aliphatic rings. The molecule has 0 atom stereocenters. The van der Waals surface area contributed by atoms with Gasteiger partial charge < -0.3 is 9.47 Å². The maximum Gasteiger partial charge on any atom is 0.330 e. The fourth-order valence-corrected chi connectivity index (χ4v) is 2.42. The standard InChI is InChI=1S/C14H16Cl2O4/c1-3-19-12(17)14(11(15)16,13(18)20-4-2)10-8-6-5-7-9-10/h5-9,11H,3-4H2,1-2H3. The van der Waals surface area contributed by atoms with Gasteiger partial charge in [-0.15, -0.1) is 23.2 Å². The van der Waals surface area contributed by atoms with Gasteiger partial charge in [0.05, 0.1) is 13.2 Å². The average molecular weight is 319 g/mol. The third-order valence-electron chi connectivity index (χ3n) is 2.75. The lowest BCUT2D eigenvalue weighted by Gasteiger charge is -2.30. The van der Waals surface area contributed by atoms with Crippen LogP contribution in [0, 0.1) is 0 Å². The molecule has 0 fully saturated rings. The van der Waals surface area contributed by atoms with E-state index in [-0.39, 0.29) is 13.2 Å². The van der Waals surface area contributed by atoms with Gasteiger partial charge in [-0.05, 0) is 19.4 Å². The van der Waals surface area contributed by atoms with Crippen LogP contribution in [-0.4, -0.2) is 30.0 Å². The molecule has 1 rings (SSSR count). The summed E-state index contributed by atoms with van der Waals surface area (Å²) < 4.78 is 9.96. The maximum absolute atomic E-state index is 12.3. The number of ether oxygens (including phenoxy) is 2. The molecule has 1 aromatic carbocycles. The first-order valence-corrected chi connectivity index (χ1v) is 7.07. The topological polar surface area (TPSA) is 52.6 Å². The molecule has 110 valence electrons. The molecule has 0 aliphatic heterocycles. The fraction of sp³-hybridized carbons (Fsp3) is 0.429. The zero-order valence-electron chi connectivity index (χ0n) is 11.3. The first-order chi connectivity index (χ1) is 9.51. The van der Waals surface area contributed by atoms with Gasteiger partial charge in [0.2, 0.25) is 5.41 Å². The van der Waals surface area contributed by atoms with E-state index < -0.39 is 22.2 Å². The lowest BCUT2D eigenvalue weighted by molar-refractivity contribution is -0.164. The van der Waals surface area contributed by atoms with E-state index >= 15 is 0 Å². The van der Waals surface area contributed by atoms with Crippen LogP contribution in [0.1, 0.15) is 19.4 Å². The Morgan fingerprint density at radius 2 is 1.50 bits per heavy atom. The molecule has 0 unspecified atom stereocenters. The van der Waals surface area contributed by atoms with Crippen molar-refractivity contribution in [2.45, 2.75) is 24.1 Å². The fourth-order valence-electron chi connectivity index (χ4n) is 1.81. The van der Waals surface area contributed by atoms with Gasteiger partial charge in [-0.25, -0.2) is 0 Å². The summed E-state index contributed by atoms with van der Waals surface area (Å²) in [6.45, 7) is 3.48. The second-order valence-corrected chi connectivity index (χ2v) is 5.01. The molecule has 0 radical (unpaired) electrons. The number of halogens is 2. The molecule has 0 aliphatic carbocycles. The summed E-state index contributed by atoms with van der Waals surface area (Å²) in [4.78, 5) is 23.3. The number of rotatable bonds is 6. The van der Waals surface area contributed by atoms with Crippen LogP contribution in [0.15, 0.2) is 30.3 Å². The molecule has 0 saturated heterocycles. The number of hydrogen-bond donors (Lipinski definition) is 0. The Bertz CT molecular complexity index is 442. The van der Waals surface area contributed by atoms with Crippen molar-refractivity contribution in [2.24, 2.45) is 0 Å². The third kappa shape index (κ3) is 3.07. The molecule has 0 N–H and O–H groups in total. The van der Waals surface area contributed by atoms with E-state index in [0.29, 0.717) is 5.56 Å². The van der Waals surface area contributed by atoms with Crippen LogP contribution in [0.2, 0.25) is 0 Å². The van der Waals surface area contributed by atoms with E-state index in [1.54, 1.807) is 44.2 Å². The van der Waals surface area contributed by atoms with Crippen LogP contribution < -0.4 is 0 Å². The lowest BCUT2D eigenvalue weighted by atomic mass is 9.82. The van der Waals surface area contributed by atoms with E-state index in [0.717, 1.165) is 0 Å². The number of carbonyl (C=O) groups excluding carboxylic acids is 2. The van der Waals surface area contributed by atoms with Gasteiger partial charge in [-0.3, -0.25) is 9.59 Å². The minimum absolute atomic E-state index is 0.104. The Hall–Kier alpha value is -1.26. The van der Waals surface area contributed by atoms with Crippen LogP contribution in [0.3, 0.4) is 0 Å². The van der Waals surface area contributed by atoms with Crippen molar-refractivity contribution >= 4 is 35.1 Å². The highest BCUT2D eigenvalue weighted by Crippen LogP contribution is 2.37. The van der Waals surface area contributed by atoms with Crippen LogP contribution in [0.5, 0.6) is 0 Å². The summed E-state index contributed by atoms with van der Waals surface area (Å²) in [5.41, 5.74) is -1.54. The van der Waals surface area contributed by atoms with Crippen molar-refractivity contribution in [1.29, 1.82) is 0 Å². The molecule has 20 heavy (non-hydrogen) atoms. The summed E-state index contributed by atoms with van der Waals surface area (Å²) in [5, 5.41) is 0. The molecule has 0 heterocycles. The smallest absolute Gasteiger partial charge is 0.330 e. The van der Waals surface area contributed by atoms with E-state index in [1.807, 2.05) is 0 Å². The summed E-state index contributed by atoms with van der Waals surface area (Å²) in [6.07, 6.45) is 0. The van der Waals surface area contributed by atoms with Crippen LogP contribution in [0.25, 0.3) is 0 Å². The number of benzene rings is 1. The van der Waals surface area contributed by atoms with Crippen molar-refractivity contribution in [3.05, 3.63) is 35.9 Å². The van der Waals surface area contributed by atoms with Crippen LogP contribution in [0.4, 0.5) is 0 Å². The van der Waals surface area contributed by atoms with Gasteiger partial charge in [0, 0.05) is 0 Å². The number of carbonyl (C=O) groups is 2. The normalized spacial score (nSPS) is 11.2. The van der Waals surface area contributed by atoms with Gasteiger partial charge in [0.25, 0.3) is 0 Å². The van der Waals surface area contributed by atoms with Crippen molar-refractivity contribution in [3.8, 4) is 0 Å². The highest BCUT2D eigenvalue weighted by molar-refractivity contribution is 6.48. The first-order valence-electron chi connectivity index (χ1n) is 6.19. The second kappa shape index (κ2) is 7.50. The molecule has 1 aromatic rings. The molecule has 6 heteroatoms. The zero-order valence-corrected chi connectivity index (χ0v) is 12.8. The van der Waals surface area contributed by atoms with Crippen LogP contribution >= 0.6 is 23.2 Å². The molecule has 0 amide bonds. The highest BCUT2D eigenvalue weighted by Gasteiger charge is 2.55. The maximum atomic E-state index is 12.3. The third-order valence-corrected chi connectivity index (χ3v) is 3.41. The molecule has 4 nitrogen and oxygen atoms in total. The summed E-state index contributed by atoms with van der Waals surface area (Å²) in [7, 11) is 0. The first kappa shape index (κ1) is 16.8. The Kier molecular flexibility index (Phi) is 6.30. The Labute approximate surface area is 128 Å². The lowest BCUT2D eigenvalue weighted by Crippen LogP contribution is -2.51. The molecule has 0 bridgehead atoms. The Morgan fingerprint density at radius 1 is 1.05 bits per heavy atom. The van der Waals surface area contributed by atoms with Crippen molar-refractivity contribution in [1.82, 2.24) is 0 Å². The van der Waals surface area contributed by atoms with E-state index in [4.69, 9.17) is 32.7 Å². The number of alkyl halides is 2. The zero-order chi connectivity index (χ0) is 15.2. The molecular formula is C14H16Cl2O4. The molecular weight excluding hydrogens is 303 g/mol. The minimum Gasteiger partial charge on any atom is -0.465 e. The number of hydrogen-bond acceptors (Lipinski definition) is 4. The summed E-state index contributed by atoms with van der Waals surface area (Å²) >= 11 is 11.9. The highest BCUT2D eigenvalue weighted by atomic mass is 35.5. The van der Waals surface area contributed by atoms with Gasteiger partial charge >= 0.3 is 11.9 Å². The van der Waals surface area contributed by atoms with Gasteiger partial charge in [0.1, 0.15) is 4.84 Å². The van der Waals surface area contributed by atoms with E-state index in [1.165, 1.54) is 0 Å². The minimum atomic E-state index is -1.88. The summed E-state index contributed by atoms with van der Waals surface area (Å²) in [5.74, 6) is -1.64. The molecule has 0 aromatic heterocycles.